The number of ether oxygens (including phenoxy) is 1. The predicted molar refractivity (Wildman–Crippen MR) is 76.0 cm³/mol. The van der Waals surface area contributed by atoms with Crippen LogP contribution in [0, 0.1) is 10.1 Å². The van der Waals surface area contributed by atoms with Crippen LogP contribution in [0.25, 0.3) is 0 Å². The molecule has 0 saturated heterocycles. The average Bonchev–Trinajstić information content (AvgIpc) is 2.40. The third kappa shape index (κ3) is 4.57. The molecule has 0 saturated carbocycles. The van der Waals surface area contributed by atoms with Crippen molar-refractivity contribution in [3.05, 3.63) is 38.9 Å². The number of methoxy groups -OCH3 is 1. The number of carbonyl (C=O) groups excluding carboxylic acids is 1. The fourth-order valence-electron chi connectivity index (χ4n) is 1.54. The second-order valence-electron chi connectivity index (χ2n) is 4.15. The molecule has 0 fully saturated rings. The summed E-state index contributed by atoms with van der Waals surface area (Å²) in [6, 6.07) is 4.20. The van der Waals surface area contributed by atoms with Crippen LogP contribution in [0.4, 0.5) is 5.69 Å². The van der Waals surface area contributed by atoms with Gasteiger partial charge in [-0.05, 0) is 12.1 Å². The summed E-state index contributed by atoms with van der Waals surface area (Å²) in [6.07, 6.45) is 0.00446. The van der Waals surface area contributed by atoms with Crippen LogP contribution in [0.3, 0.4) is 0 Å². The van der Waals surface area contributed by atoms with E-state index in [1.807, 2.05) is 0 Å². The molecule has 0 radical (unpaired) electrons. The first kappa shape index (κ1) is 16.6. The molecular weight excluding hydrogens is 306 g/mol. The van der Waals surface area contributed by atoms with Crippen LogP contribution in [-0.4, -0.2) is 27.5 Å². The van der Waals surface area contributed by atoms with Gasteiger partial charge in [-0.15, -0.1) is 0 Å². The summed E-state index contributed by atoms with van der Waals surface area (Å²) in [6.45, 7) is 1.63. The molecule has 1 rings (SSSR count). The third-order valence-corrected chi connectivity index (χ3v) is 4.57. The van der Waals surface area contributed by atoms with Gasteiger partial charge in [0.25, 0.3) is 5.69 Å². The molecule has 20 heavy (non-hydrogen) atoms. The highest BCUT2D eigenvalue weighted by Crippen LogP contribution is 2.25. The van der Waals surface area contributed by atoms with Crippen molar-refractivity contribution in [1.29, 1.82) is 0 Å². The van der Waals surface area contributed by atoms with Gasteiger partial charge in [-0.3, -0.25) is 19.1 Å². The van der Waals surface area contributed by atoms with E-state index in [0.717, 1.165) is 0 Å². The Kier molecular flexibility index (Phi) is 6.09. The first-order chi connectivity index (χ1) is 9.35. The smallest absolute Gasteiger partial charge is 0.306 e. The summed E-state index contributed by atoms with van der Waals surface area (Å²) in [5.41, 5.74) is 0.158. The van der Waals surface area contributed by atoms with Gasteiger partial charge < -0.3 is 4.74 Å². The summed E-state index contributed by atoms with van der Waals surface area (Å²) >= 11 is 5.71. The maximum Gasteiger partial charge on any atom is 0.306 e. The van der Waals surface area contributed by atoms with Gasteiger partial charge in [-0.2, -0.15) is 0 Å². The number of halogens is 1. The quantitative estimate of drug-likeness (QED) is 0.456. The minimum Gasteiger partial charge on any atom is -0.469 e. The second kappa shape index (κ2) is 7.35. The van der Waals surface area contributed by atoms with Gasteiger partial charge in [0.05, 0.1) is 24.2 Å². The molecule has 0 aromatic heterocycles. The van der Waals surface area contributed by atoms with Gasteiger partial charge in [-0.25, -0.2) is 0 Å². The first-order valence-electron chi connectivity index (χ1n) is 5.72. The molecule has 6 nitrogen and oxygen atoms in total. The van der Waals surface area contributed by atoms with Crippen molar-refractivity contribution in [1.82, 2.24) is 0 Å². The lowest BCUT2D eigenvalue weighted by molar-refractivity contribution is -0.385. The highest BCUT2D eigenvalue weighted by molar-refractivity contribution is 7.84. The summed E-state index contributed by atoms with van der Waals surface area (Å²) in [5.74, 6) is -0.470. The van der Waals surface area contributed by atoms with E-state index in [2.05, 4.69) is 4.74 Å². The molecule has 0 heterocycles. The molecule has 0 amide bonds. The van der Waals surface area contributed by atoms with Crippen LogP contribution in [0.1, 0.15) is 18.9 Å². The molecular formula is C12H14ClNO5S. The SMILES string of the molecule is COC(=O)CC(C)S(=O)Cc1ccc(Cl)cc1[N+](=O)[O-]. The summed E-state index contributed by atoms with van der Waals surface area (Å²) in [7, 11) is -0.168. The average molecular weight is 320 g/mol. The van der Waals surface area contributed by atoms with Crippen molar-refractivity contribution in [2.75, 3.05) is 7.11 Å². The number of esters is 1. The van der Waals surface area contributed by atoms with E-state index in [4.69, 9.17) is 11.6 Å². The number of nitrogens with zero attached hydrogens (tertiary/aromatic N) is 1. The molecule has 0 bridgehead atoms. The Bertz CT molecular complexity index is 549. The van der Waals surface area contributed by atoms with E-state index in [0.29, 0.717) is 5.56 Å². The van der Waals surface area contributed by atoms with Crippen molar-refractivity contribution in [2.24, 2.45) is 0 Å². The largest absolute Gasteiger partial charge is 0.469 e. The van der Waals surface area contributed by atoms with E-state index in [-0.39, 0.29) is 22.9 Å². The van der Waals surface area contributed by atoms with E-state index in [1.54, 1.807) is 6.92 Å². The lowest BCUT2D eigenvalue weighted by Crippen LogP contribution is -2.18. The van der Waals surface area contributed by atoms with Crippen LogP contribution in [0.5, 0.6) is 0 Å². The zero-order valence-electron chi connectivity index (χ0n) is 11.0. The monoisotopic (exact) mass is 319 g/mol. The van der Waals surface area contributed by atoms with Gasteiger partial charge in [-0.1, -0.05) is 18.5 Å². The lowest BCUT2D eigenvalue weighted by atomic mass is 10.2. The fraction of sp³-hybridized carbons (Fsp3) is 0.417. The number of hydrogen-bond acceptors (Lipinski definition) is 5. The van der Waals surface area contributed by atoms with E-state index in [9.17, 15) is 19.1 Å². The van der Waals surface area contributed by atoms with Crippen LogP contribution >= 0.6 is 11.6 Å². The zero-order valence-corrected chi connectivity index (χ0v) is 12.6. The number of carbonyl (C=O) groups is 1. The Balaban J connectivity index is 2.85. The molecule has 1 aromatic rings. The van der Waals surface area contributed by atoms with E-state index in [1.165, 1.54) is 25.3 Å². The number of nitro groups is 1. The molecule has 0 aliphatic carbocycles. The molecule has 2 unspecified atom stereocenters. The first-order valence-corrected chi connectivity index (χ1v) is 7.48. The number of benzene rings is 1. The molecule has 0 aliphatic heterocycles. The maximum atomic E-state index is 12.1. The molecule has 0 N–H and O–H groups in total. The third-order valence-electron chi connectivity index (χ3n) is 2.67. The van der Waals surface area contributed by atoms with E-state index < -0.39 is 26.9 Å². The minimum absolute atomic E-state index is 0.00446. The topological polar surface area (TPSA) is 86.5 Å². The number of nitro benzene ring substituents is 1. The molecule has 110 valence electrons. The van der Waals surface area contributed by atoms with Crippen LogP contribution in [0.2, 0.25) is 5.02 Å². The maximum absolute atomic E-state index is 12.1. The Labute approximate surface area is 123 Å². The summed E-state index contributed by atoms with van der Waals surface area (Å²) in [4.78, 5) is 21.5. The Morgan fingerprint density at radius 3 is 2.75 bits per heavy atom. The fourth-order valence-corrected chi connectivity index (χ4v) is 2.86. The van der Waals surface area contributed by atoms with Crippen molar-refractivity contribution >= 4 is 34.1 Å². The Hall–Kier alpha value is -1.47. The minimum atomic E-state index is -1.42. The lowest BCUT2D eigenvalue weighted by Gasteiger charge is -2.10. The van der Waals surface area contributed by atoms with Crippen LogP contribution in [-0.2, 0) is 26.1 Å². The standard InChI is InChI=1S/C12H14ClNO5S/c1-8(5-12(15)19-2)20(18)7-9-3-4-10(13)6-11(9)14(16)17/h3-4,6,8H,5,7H2,1-2H3. The van der Waals surface area contributed by atoms with Crippen molar-refractivity contribution < 1.29 is 18.7 Å². The Morgan fingerprint density at radius 1 is 1.55 bits per heavy atom. The summed E-state index contributed by atoms with van der Waals surface area (Å²) < 4.78 is 16.6. The van der Waals surface area contributed by atoms with Gasteiger partial charge in [0.2, 0.25) is 0 Å². The molecule has 0 spiro atoms. The normalized spacial score (nSPS) is 13.6. The summed E-state index contributed by atoms with van der Waals surface area (Å²) in [5, 5.41) is 10.7. The number of hydrogen-bond donors (Lipinski definition) is 0. The van der Waals surface area contributed by atoms with Gasteiger partial charge in [0.1, 0.15) is 0 Å². The molecule has 8 heteroatoms. The van der Waals surface area contributed by atoms with Crippen molar-refractivity contribution in [2.45, 2.75) is 24.3 Å². The van der Waals surface area contributed by atoms with Gasteiger partial charge >= 0.3 is 5.97 Å². The predicted octanol–water partition coefficient (Wildman–Crippen LogP) is 2.45. The zero-order chi connectivity index (χ0) is 15.3. The molecule has 1 aromatic carbocycles. The molecule has 2 atom stereocenters. The van der Waals surface area contributed by atoms with Crippen molar-refractivity contribution in [3.8, 4) is 0 Å². The van der Waals surface area contributed by atoms with Crippen LogP contribution < -0.4 is 0 Å². The van der Waals surface area contributed by atoms with Gasteiger partial charge in [0.15, 0.2) is 0 Å². The molecule has 0 aliphatic rings. The number of rotatable bonds is 6. The van der Waals surface area contributed by atoms with Gasteiger partial charge in [0, 0.05) is 32.7 Å². The van der Waals surface area contributed by atoms with Crippen molar-refractivity contribution in [3.63, 3.8) is 0 Å². The highest BCUT2D eigenvalue weighted by atomic mass is 35.5. The Morgan fingerprint density at radius 2 is 2.20 bits per heavy atom. The van der Waals surface area contributed by atoms with E-state index >= 15 is 0 Å². The highest BCUT2D eigenvalue weighted by Gasteiger charge is 2.21. The second-order valence-corrected chi connectivity index (χ2v) is 6.44. The van der Waals surface area contributed by atoms with Crippen LogP contribution in [0.15, 0.2) is 18.2 Å².